The number of rotatable bonds is 0. The predicted molar refractivity (Wildman–Crippen MR) is 62.1 cm³/mol. The monoisotopic (exact) mass is 194 g/mol. The lowest BCUT2D eigenvalue weighted by atomic mass is 9.41. The Bertz CT molecular complexity index is 231. The Morgan fingerprint density at radius 3 is 2.00 bits per heavy atom. The second-order valence-corrected chi connectivity index (χ2v) is 7.43. The molecule has 82 valence electrons. The molecule has 0 heteroatoms. The number of fused-ring (bicyclic) bond motifs is 2. The molecular weight excluding hydrogens is 168 g/mol. The molecule has 0 aromatic heterocycles. The topological polar surface area (TPSA) is 0 Å². The average Bonchev–Trinajstić information content (AvgIpc) is 2.01. The molecule has 0 aliphatic heterocycles. The van der Waals surface area contributed by atoms with Crippen LogP contribution in [-0.4, -0.2) is 0 Å². The van der Waals surface area contributed by atoms with E-state index in [1.807, 2.05) is 0 Å². The van der Waals surface area contributed by atoms with Gasteiger partial charge in [-0.05, 0) is 47.3 Å². The summed E-state index contributed by atoms with van der Waals surface area (Å²) in [5, 5.41) is 0. The van der Waals surface area contributed by atoms with Crippen molar-refractivity contribution >= 4 is 0 Å². The van der Waals surface area contributed by atoms with Crippen molar-refractivity contribution in [1.82, 2.24) is 0 Å². The minimum Gasteiger partial charge on any atom is -0.0619 e. The van der Waals surface area contributed by atoms with E-state index in [-0.39, 0.29) is 0 Å². The zero-order valence-electron chi connectivity index (χ0n) is 10.7. The lowest BCUT2D eigenvalue weighted by Crippen LogP contribution is -2.57. The average molecular weight is 194 g/mol. The van der Waals surface area contributed by atoms with Crippen LogP contribution in [0.3, 0.4) is 0 Å². The van der Waals surface area contributed by atoms with E-state index in [9.17, 15) is 0 Å². The van der Waals surface area contributed by atoms with E-state index in [0.29, 0.717) is 10.8 Å². The molecule has 3 saturated carbocycles. The molecule has 3 fully saturated rings. The van der Waals surface area contributed by atoms with Gasteiger partial charge >= 0.3 is 0 Å². The van der Waals surface area contributed by atoms with Crippen LogP contribution in [0.2, 0.25) is 0 Å². The summed E-state index contributed by atoms with van der Waals surface area (Å²) in [5.41, 5.74) is 1.17. The van der Waals surface area contributed by atoms with Gasteiger partial charge in [0.2, 0.25) is 0 Å². The first kappa shape index (κ1) is 10.5. The van der Waals surface area contributed by atoms with Gasteiger partial charge in [-0.2, -0.15) is 0 Å². The van der Waals surface area contributed by atoms with E-state index in [2.05, 4.69) is 41.5 Å². The minimum absolute atomic E-state index is 0.521. The largest absolute Gasteiger partial charge is 0.0619 e. The standard InChI is InChI=1S/C14H26/c1-9-11(13(2,3)4)7-10-8-12(9)14(10,5)6/h9-12H,7-8H2,1-6H3/t9-,10?,11?,12+/m1/s1. The van der Waals surface area contributed by atoms with Crippen molar-refractivity contribution in [3.05, 3.63) is 0 Å². The normalized spacial score (nSPS) is 45.9. The SMILES string of the molecule is C[C@@H]1C(C(C)(C)C)CC2C[C@@H]1C2(C)C. The maximum atomic E-state index is 2.50. The van der Waals surface area contributed by atoms with Crippen LogP contribution < -0.4 is 0 Å². The lowest BCUT2D eigenvalue weighted by molar-refractivity contribution is -0.150. The van der Waals surface area contributed by atoms with Gasteiger partial charge in [-0.25, -0.2) is 0 Å². The summed E-state index contributed by atoms with van der Waals surface area (Å²) in [7, 11) is 0. The molecule has 0 aromatic rings. The Hall–Kier alpha value is 0. The van der Waals surface area contributed by atoms with Crippen molar-refractivity contribution in [1.29, 1.82) is 0 Å². The summed E-state index contributed by atoms with van der Waals surface area (Å²) in [4.78, 5) is 0. The molecule has 0 heterocycles. The molecule has 3 aliphatic carbocycles. The smallest absolute Gasteiger partial charge is 0.0295 e. The Kier molecular flexibility index (Phi) is 2.08. The Balaban J connectivity index is 2.16. The molecule has 0 nitrogen and oxygen atoms in total. The van der Waals surface area contributed by atoms with E-state index in [1.54, 1.807) is 0 Å². The second kappa shape index (κ2) is 2.77. The van der Waals surface area contributed by atoms with Crippen molar-refractivity contribution < 1.29 is 0 Å². The van der Waals surface area contributed by atoms with Crippen molar-refractivity contribution in [2.75, 3.05) is 0 Å². The first-order chi connectivity index (χ1) is 6.24. The zero-order valence-corrected chi connectivity index (χ0v) is 10.7. The molecule has 4 atom stereocenters. The van der Waals surface area contributed by atoms with E-state index in [4.69, 9.17) is 0 Å². The predicted octanol–water partition coefficient (Wildman–Crippen LogP) is 4.35. The molecule has 0 spiro atoms. The summed E-state index contributed by atoms with van der Waals surface area (Å²) in [5.74, 6) is 3.92. The van der Waals surface area contributed by atoms with Crippen LogP contribution >= 0.6 is 0 Å². The van der Waals surface area contributed by atoms with Crippen molar-refractivity contribution in [3.63, 3.8) is 0 Å². The number of hydrogen-bond donors (Lipinski definition) is 0. The lowest BCUT2D eigenvalue weighted by Gasteiger charge is -2.64. The van der Waals surface area contributed by atoms with E-state index >= 15 is 0 Å². The van der Waals surface area contributed by atoms with Crippen LogP contribution in [0, 0.1) is 34.5 Å². The van der Waals surface area contributed by atoms with E-state index in [0.717, 1.165) is 23.7 Å². The fraction of sp³-hybridized carbons (Fsp3) is 1.00. The molecule has 14 heavy (non-hydrogen) atoms. The molecule has 3 rings (SSSR count). The summed E-state index contributed by atoms with van der Waals surface area (Å²) in [6.07, 6.45) is 2.99. The van der Waals surface area contributed by atoms with Gasteiger partial charge in [-0.15, -0.1) is 0 Å². The van der Waals surface area contributed by atoms with Gasteiger partial charge in [0, 0.05) is 0 Å². The summed E-state index contributed by atoms with van der Waals surface area (Å²) >= 11 is 0. The summed E-state index contributed by atoms with van der Waals surface area (Å²) < 4.78 is 0. The molecule has 3 aliphatic rings. The number of hydrogen-bond acceptors (Lipinski definition) is 0. The van der Waals surface area contributed by atoms with E-state index in [1.165, 1.54) is 12.8 Å². The van der Waals surface area contributed by atoms with Crippen LogP contribution in [0.5, 0.6) is 0 Å². The van der Waals surface area contributed by atoms with Crippen LogP contribution in [0.4, 0.5) is 0 Å². The Labute approximate surface area is 89.5 Å². The minimum atomic E-state index is 0.521. The summed E-state index contributed by atoms with van der Waals surface area (Å²) in [6, 6.07) is 0. The van der Waals surface area contributed by atoms with Gasteiger partial charge in [0.25, 0.3) is 0 Å². The van der Waals surface area contributed by atoms with Gasteiger partial charge in [-0.3, -0.25) is 0 Å². The quantitative estimate of drug-likeness (QED) is 0.538. The van der Waals surface area contributed by atoms with Gasteiger partial charge in [-0.1, -0.05) is 41.5 Å². The first-order valence-corrected chi connectivity index (χ1v) is 6.24. The van der Waals surface area contributed by atoms with Crippen molar-refractivity contribution in [2.24, 2.45) is 34.5 Å². The highest BCUT2D eigenvalue weighted by molar-refractivity contribution is 5.06. The van der Waals surface area contributed by atoms with Crippen LogP contribution in [0.15, 0.2) is 0 Å². The molecular formula is C14H26. The molecule has 0 saturated heterocycles. The van der Waals surface area contributed by atoms with Gasteiger partial charge in [0.1, 0.15) is 0 Å². The van der Waals surface area contributed by atoms with Gasteiger partial charge in [0.05, 0.1) is 0 Å². The van der Waals surface area contributed by atoms with Gasteiger partial charge < -0.3 is 0 Å². The third-order valence-electron chi connectivity index (χ3n) is 5.47. The molecule has 0 amide bonds. The highest BCUT2D eigenvalue weighted by Gasteiger charge is 2.57. The van der Waals surface area contributed by atoms with E-state index < -0.39 is 0 Å². The first-order valence-electron chi connectivity index (χ1n) is 6.24. The highest BCUT2D eigenvalue weighted by Crippen LogP contribution is 2.65. The molecule has 0 N–H and O–H groups in total. The highest BCUT2D eigenvalue weighted by atomic mass is 14.6. The van der Waals surface area contributed by atoms with Gasteiger partial charge in [0.15, 0.2) is 0 Å². The third-order valence-corrected chi connectivity index (χ3v) is 5.47. The van der Waals surface area contributed by atoms with Crippen LogP contribution in [-0.2, 0) is 0 Å². The third kappa shape index (κ3) is 1.26. The molecule has 2 bridgehead atoms. The van der Waals surface area contributed by atoms with Crippen molar-refractivity contribution in [3.8, 4) is 0 Å². The summed E-state index contributed by atoms with van der Waals surface area (Å²) in [6.45, 7) is 14.7. The molecule has 0 aromatic carbocycles. The fourth-order valence-electron chi connectivity index (χ4n) is 4.29. The van der Waals surface area contributed by atoms with Crippen LogP contribution in [0.25, 0.3) is 0 Å². The maximum Gasteiger partial charge on any atom is -0.0295 e. The molecule has 0 radical (unpaired) electrons. The zero-order chi connectivity index (χ0) is 10.7. The Morgan fingerprint density at radius 2 is 1.64 bits per heavy atom. The second-order valence-electron chi connectivity index (χ2n) is 7.43. The maximum absolute atomic E-state index is 2.50. The molecule has 2 unspecified atom stereocenters. The van der Waals surface area contributed by atoms with Crippen LogP contribution in [0.1, 0.15) is 54.4 Å². The fourth-order valence-corrected chi connectivity index (χ4v) is 4.29. The Morgan fingerprint density at radius 1 is 1.07 bits per heavy atom. The van der Waals surface area contributed by atoms with Crippen molar-refractivity contribution in [2.45, 2.75) is 54.4 Å².